The number of hydrogen-bond acceptors (Lipinski definition) is 2. The summed E-state index contributed by atoms with van der Waals surface area (Å²) in [7, 11) is 0. The van der Waals surface area contributed by atoms with Gasteiger partial charge in [-0.2, -0.15) is 0 Å². The Hall–Kier alpha value is -2.26. The molecule has 104 valence electrons. The fraction of sp³-hybridized carbons (Fsp3) is 0. The van der Waals surface area contributed by atoms with Gasteiger partial charge in [0.2, 0.25) is 0 Å². The van der Waals surface area contributed by atoms with E-state index in [1.807, 2.05) is 60.7 Å². The summed E-state index contributed by atoms with van der Waals surface area (Å²) in [5.41, 5.74) is 8.87. The number of nitrogens with two attached hydrogens (primary N) is 1. The van der Waals surface area contributed by atoms with Crippen LogP contribution in [0, 0.1) is 0 Å². The highest BCUT2D eigenvalue weighted by Gasteiger charge is 2.04. The standard InChI is InChI=1S/C18H14BrNO/c19-15-8-11-17(20)18(12-15)21-16-9-6-14(7-10-16)13-4-2-1-3-5-13/h1-12H,20H2. The second-order valence-corrected chi connectivity index (χ2v) is 5.59. The molecule has 0 aliphatic carbocycles. The molecule has 0 saturated carbocycles. The van der Waals surface area contributed by atoms with Crippen LogP contribution in [0.5, 0.6) is 11.5 Å². The summed E-state index contributed by atoms with van der Waals surface area (Å²) in [6, 6.07) is 23.8. The van der Waals surface area contributed by atoms with Gasteiger partial charge in [-0.15, -0.1) is 0 Å². The maximum absolute atomic E-state index is 5.91. The minimum Gasteiger partial charge on any atom is -0.455 e. The Balaban J connectivity index is 1.83. The Morgan fingerprint density at radius 1 is 0.762 bits per heavy atom. The SMILES string of the molecule is Nc1ccc(Br)cc1Oc1ccc(-c2ccccc2)cc1. The third kappa shape index (κ3) is 3.26. The fourth-order valence-electron chi connectivity index (χ4n) is 2.07. The van der Waals surface area contributed by atoms with Crippen molar-refractivity contribution in [2.75, 3.05) is 5.73 Å². The van der Waals surface area contributed by atoms with E-state index < -0.39 is 0 Å². The Morgan fingerprint density at radius 2 is 1.43 bits per heavy atom. The summed E-state index contributed by atoms with van der Waals surface area (Å²) in [5, 5.41) is 0. The monoisotopic (exact) mass is 339 g/mol. The Morgan fingerprint density at radius 3 is 2.14 bits per heavy atom. The van der Waals surface area contributed by atoms with Crippen LogP contribution >= 0.6 is 15.9 Å². The zero-order valence-corrected chi connectivity index (χ0v) is 12.9. The molecule has 0 atom stereocenters. The van der Waals surface area contributed by atoms with Gasteiger partial charge in [0.15, 0.2) is 5.75 Å². The van der Waals surface area contributed by atoms with Crippen molar-refractivity contribution in [3.05, 3.63) is 77.3 Å². The fourth-order valence-corrected chi connectivity index (χ4v) is 2.41. The number of rotatable bonds is 3. The lowest BCUT2D eigenvalue weighted by molar-refractivity contribution is 0.485. The van der Waals surface area contributed by atoms with E-state index >= 15 is 0 Å². The summed E-state index contributed by atoms with van der Waals surface area (Å²) in [6.07, 6.45) is 0. The number of ether oxygens (including phenoxy) is 1. The maximum atomic E-state index is 5.91. The topological polar surface area (TPSA) is 35.2 Å². The number of benzene rings is 3. The molecule has 0 spiro atoms. The van der Waals surface area contributed by atoms with Crippen LogP contribution < -0.4 is 10.5 Å². The summed E-state index contributed by atoms with van der Waals surface area (Å²) < 4.78 is 6.76. The van der Waals surface area contributed by atoms with Crippen LogP contribution in [0.3, 0.4) is 0 Å². The van der Waals surface area contributed by atoms with Crippen molar-refractivity contribution in [2.24, 2.45) is 0 Å². The van der Waals surface area contributed by atoms with Crippen molar-refractivity contribution in [2.45, 2.75) is 0 Å². The van der Waals surface area contributed by atoms with Crippen molar-refractivity contribution in [3.8, 4) is 22.6 Å². The van der Waals surface area contributed by atoms with Gasteiger partial charge >= 0.3 is 0 Å². The van der Waals surface area contributed by atoms with E-state index in [1.54, 1.807) is 0 Å². The van der Waals surface area contributed by atoms with Gasteiger partial charge in [0.1, 0.15) is 5.75 Å². The van der Waals surface area contributed by atoms with Crippen molar-refractivity contribution in [1.82, 2.24) is 0 Å². The van der Waals surface area contributed by atoms with Crippen LogP contribution in [-0.4, -0.2) is 0 Å². The first-order chi connectivity index (χ1) is 10.2. The third-order valence-corrected chi connectivity index (χ3v) is 3.66. The lowest BCUT2D eigenvalue weighted by Crippen LogP contribution is -1.91. The molecule has 0 bridgehead atoms. The molecule has 0 aliphatic heterocycles. The van der Waals surface area contributed by atoms with Gasteiger partial charge in [0, 0.05) is 4.47 Å². The Labute approximate surface area is 132 Å². The average molecular weight is 340 g/mol. The minimum absolute atomic E-state index is 0.616. The van der Waals surface area contributed by atoms with Crippen molar-refractivity contribution in [3.63, 3.8) is 0 Å². The van der Waals surface area contributed by atoms with Gasteiger partial charge in [0.05, 0.1) is 5.69 Å². The zero-order valence-electron chi connectivity index (χ0n) is 11.3. The van der Waals surface area contributed by atoms with Gasteiger partial charge in [-0.1, -0.05) is 58.4 Å². The van der Waals surface area contributed by atoms with Crippen LogP contribution in [-0.2, 0) is 0 Å². The quantitative estimate of drug-likeness (QED) is 0.640. The molecule has 0 heterocycles. The van der Waals surface area contributed by atoms with E-state index in [1.165, 1.54) is 5.56 Å². The smallest absolute Gasteiger partial charge is 0.151 e. The Bertz CT molecular complexity index is 739. The first-order valence-electron chi connectivity index (χ1n) is 6.61. The van der Waals surface area contributed by atoms with Gasteiger partial charge < -0.3 is 10.5 Å². The third-order valence-electron chi connectivity index (χ3n) is 3.16. The van der Waals surface area contributed by atoms with E-state index in [0.29, 0.717) is 11.4 Å². The molecular weight excluding hydrogens is 326 g/mol. The highest BCUT2D eigenvalue weighted by atomic mass is 79.9. The summed E-state index contributed by atoms with van der Waals surface area (Å²) >= 11 is 3.42. The molecule has 0 fully saturated rings. The van der Waals surface area contributed by atoms with E-state index in [2.05, 4.69) is 28.1 Å². The van der Waals surface area contributed by atoms with Crippen LogP contribution in [0.25, 0.3) is 11.1 Å². The highest BCUT2D eigenvalue weighted by molar-refractivity contribution is 9.10. The van der Waals surface area contributed by atoms with Gasteiger partial charge in [-0.05, 0) is 41.5 Å². The number of nitrogen functional groups attached to an aromatic ring is 1. The molecular formula is C18H14BrNO. The summed E-state index contributed by atoms with van der Waals surface area (Å²) in [6.45, 7) is 0. The molecule has 0 amide bonds. The molecule has 0 aromatic heterocycles. The molecule has 3 rings (SSSR count). The minimum atomic E-state index is 0.616. The molecule has 0 radical (unpaired) electrons. The van der Waals surface area contributed by atoms with E-state index in [-0.39, 0.29) is 0 Å². The molecule has 21 heavy (non-hydrogen) atoms. The first-order valence-corrected chi connectivity index (χ1v) is 7.40. The molecule has 0 unspecified atom stereocenters. The molecule has 0 aliphatic rings. The predicted octanol–water partition coefficient (Wildman–Crippen LogP) is 5.49. The van der Waals surface area contributed by atoms with Gasteiger partial charge in [-0.3, -0.25) is 0 Å². The van der Waals surface area contributed by atoms with Crippen LogP contribution in [0.4, 0.5) is 5.69 Å². The normalized spacial score (nSPS) is 10.3. The maximum Gasteiger partial charge on any atom is 0.151 e. The lowest BCUT2D eigenvalue weighted by atomic mass is 10.1. The van der Waals surface area contributed by atoms with Crippen molar-refractivity contribution < 1.29 is 4.74 Å². The van der Waals surface area contributed by atoms with E-state index in [4.69, 9.17) is 10.5 Å². The number of anilines is 1. The Kier molecular flexibility index (Phi) is 3.93. The number of hydrogen-bond donors (Lipinski definition) is 1. The number of halogens is 1. The summed E-state index contributed by atoms with van der Waals surface area (Å²) in [5.74, 6) is 1.41. The molecule has 0 saturated heterocycles. The van der Waals surface area contributed by atoms with Crippen molar-refractivity contribution >= 4 is 21.6 Å². The first kappa shape index (κ1) is 13.7. The average Bonchev–Trinajstić information content (AvgIpc) is 2.53. The van der Waals surface area contributed by atoms with Crippen molar-refractivity contribution in [1.29, 1.82) is 0 Å². The highest BCUT2D eigenvalue weighted by Crippen LogP contribution is 2.31. The van der Waals surface area contributed by atoms with Gasteiger partial charge in [0.25, 0.3) is 0 Å². The predicted molar refractivity (Wildman–Crippen MR) is 90.5 cm³/mol. The second kappa shape index (κ2) is 6.02. The molecule has 3 aromatic carbocycles. The zero-order chi connectivity index (χ0) is 14.7. The second-order valence-electron chi connectivity index (χ2n) is 4.67. The lowest BCUT2D eigenvalue weighted by Gasteiger charge is -2.09. The molecule has 2 N–H and O–H groups in total. The van der Waals surface area contributed by atoms with Crippen LogP contribution in [0.1, 0.15) is 0 Å². The van der Waals surface area contributed by atoms with Crippen LogP contribution in [0.15, 0.2) is 77.3 Å². The largest absolute Gasteiger partial charge is 0.455 e. The molecule has 3 heteroatoms. The van der Waals surface area contributed by atoms with Crippen LogP contribution in [0.2, 0.25) is 0 Å². The molecule has 2 nitrogen and oxygen atoms in total. The van der Waals surface area contributed by atoms with E-state index in [0.717, 1.165) is 15.8 Å². The van der Waals surface area contributed by atoms with Gasteiger partial charge in [-0.25, -0.2) is 0 Å². The van der Waals surface area contributed by atoms with E-state index in [9.17, 15) is 0 Å². The molecule has 3 aromatic rings. The summed E-state index contributed by atoms with van der Waals surface area (Å²) in [4.78, 5) is 0.